The molecule has 1 rings (SSSR count). The molecular formula is C14H23N3O3. The number of hydrogen-bond acceptors (Lipinski definition) is 5. The van der Waals surface area contributed by atoms with E-state index in [9.17, 15) is 9.90 Å². The Labute approximate surface area is 119 Å². The molecule has 0 aliphatic heterocycles. The summed E-state index contributed by atoms with van der Waals surface area (Å²) in [5.74, 6) is 0. The summed E-state index contributed by atoms with van der Waals surface area (Å²) in [6, 6.07) is 2.96. The van der Waals surface area contributed by atoms with Crippen LogP contribution in [0.4, 0.5) is 4.79 Å². The van der Waals surface area contributed by atoms with Gasteiger partial charge in [-0.15, -0.1) is 0 Å². The van der Waals surface area contributed by atoms with E-state index >= 15 is 0 Å². The van der Waals surface area contributed by atoms with Crippen LogP contribution in [0.25, 0.3) is 0 Å². The van der Waals surface area contributed by atoms with E-state index in [1.54, 1.807) is 45.3 Å². The lowest BCUT2D eigenvalue weighted by atomic mass is 10.0. The third-order valence-corrected chi connectivity index (χ3v) is 2.60. The molecule has 6 heteroatoms. The summed E-state index contributed by atoms with van der Waals surface area (Å²) < 4.78 is 5.10. The van der Waals surface area contributed by atoms with Gasteiger partial charge in [0, 0.05) is 25.0 Å². The number of pyridine rings is 1. The summed E-state index contributed by atoms with van der Waals surface area (Å²) in [6.07, 6.45) is 2.39. The Bertz CT molecular complexity index is 417. The minimum absolute atomic E-state index is 0.345. The van der Waals surface area contributed by atoms with Crippen molar-refractivity contribution in [3.63, 3.8) is 0 Å². The van der Waals surface area contributed by atoms with Crippen molar-refractivity contribution in [3.05, 3.63) is 30.1 Å². The Morgan fingerprint density at radius 2 is 2.05 bits per heavy atom. The van der Waals surface area contributed by atoms with Gasteiger partial charge in [0.25, 0.3) is 0 Å². The first-order valence-electron chi connectivity index (χ1n) is 6.60. The SMILES string of the molecule is CC(C)(C)OC(=O)NCCC(N)C(O)c1ccncc1. The molecule has 1 aromatic rings. The molecular weight excluding hydrogens is 258 g/mol. The Morgan fingerprint density at radius 1 is 1.45 bits per heavy atom. The van der Waals surface area contributed by atoms with Crippen LogP contribution in [0.2, 0.25) is 0 Å². The number of carbonyl (C=O) groups is 1. The van der Waals surface area contributed by atoms with Crippen molar-refractivity contribution in [2.75, 3.05) is 6.54 Å². The molecule has 0 saturated carbocycles. The molecule has 0 fully saturated rings. The molecule has 1 aromatic heterocycles. The largest absolute Gasteiger partial charge is 0.444 e. The van der Waals surface area contributed by atoms with Crippen LogP contribution in [-0.4, -0.2) is 34.4 Å². The third-order valence-electron chi connectivity index (χ3n) is 2.60. The number of ether oxygens (including phenoxy) is 1. The van der Waals surface area contributed by atoms with Crippen molar-refractivity contribution in [2.45, 2.75) is 44.9 Å². The van der Waals surface area contributed by atoms with Gasteiger partial charge in [0.05, 0.1) is 6.10 Å². The minimum atomic E-state index is -0.779. The second-order valence-electron chi connectivity index (χ2n) is 5.61. The molecule has 0 bridgehead atoms. The molecule has 2 unspecified atom stereocenters. The van der Waals surface area contributed by atoms with E-state index < -0.39 is 23.8 Å². The van der Waals surface area contributed by atoms with Crippen molar-refractivity contribution >= 4 is 6.09 Å². The molecule has 0 aliphatic carbocycles. The van der Waals surface area contributed by atoms with Crippen LogP contribution in [-0.2, 0) is 4.74 Å². The summed E-state index contributed by atoms with van der Waals surface area (Å²) in [7, 11) is 0. The van der Waals surface area contributed by atoms with Crippen LogP contribution in [0.5, 0.6) is 0 Å². The number of nitrogens with two attached hydrogens (primary N) is 1. The predicted molar refractivity (Wildman–Crippen MR) is 76.0 cm³/mol. The molecule has 0 aromatic carbocycles. The van der Waals surface area contributed by atoms with Crippen molar-refractivity contribution < 1.29 is 14.6 Å². The number of amides is 1. The summed E-state index contributed by atoms with van der Waals surface area (Å²) in [5, 5.41) is 12.7. The molecule has 2 atom stereocenters. The van der Waals surface area contributed by atoms with E-state index in [0.29, 0.717) is 18.5 Å². The highest BCUT2D eigenvalue weighted by atomic mass is 16.6. The van der Waals surface area contributed by atoms with E-state index in [1.165, 1.54) is 0 Å². The van der Waals surface area contributed by atoms with Crippen LogP contribution >= 0.6 is 0 Å². The van der Waals surface area contributed by atoms with E-state index in [1.807, 2.05) is 0 Å². The summed E-state index contributed by atoms with van der Waals surface area (Å²) in [6.45, 7) is 5.74. The predicted octanol–water partition coefficient (Wildman–Crippen LogP) is 1.36. The second-order valence-corrected chi connectivity index (χ2v) is 5.61. The first kappa shape index (κ1) is 16.4. The first-order valence-corrected chi connectivity index (χ1v) is 6.60. The third kappa shape index (κ3) is 5.99. The fourth-order valence-corrected chi connectivity index (χ4v) is 1.62. The van der Waals surface area contributed by atoms with Gasteiger partial charge in [-0.25, -0.2) is 4.79 Å². The number of aliphatic hydroxyl groups excluding tert-OH is 1. The highest BCUT2D eigenvalue weighted by molar-refractivity contribution is 5.67. The van der Waals surface area contributed by atoms with E-state index in [4.69, 9.17) is 10.5 Å². The van der Waals surface area contributed by atoms with Crippen LogP contribution in [0.15, 0.2) is 24.5 Å². The Morgan fingerprint density at radius 3 is 2.60 bits per heavy atom. The molecule has 0 saturated heterocycles. The van der Waals surface area contributed by atoms with Crippen molar-refractivity contribution in [1.29, 1.82) is 0 Å². The minimum Gasteiger partial charge on any atom is -0.444 e. The highest BCUT2D eigenvalue weighted by Gasteiger charge is 2.18. The van der Waals surface area contributed by atoms with Gasteiger partial charge in [-0.3, -0.25) is 4.98 Å². The number of alkyl carbamates (subject to hydrolysis) is 1. The van der Waals surface area contributed by atoms with Gasteiger partial charge in [-0.05, 0) is 44.9 Å². The average Bonchev–Trinajstić information content (AvgIpc) is 2.36. The summed E-state index contributed by atoms with van der Waals surface area (Å²) in [4.78, 5) is 15.3. The maximum Gasteiger partial charge on any atom is 0.407 e. The Kier molecular flexibility index (Phi) is 5.91. The number of nitrogens with one attached hydrogen (secondary N) is 1. The Hall–Kier alpha value is -1.66. The van der Waals surface area contributed by atoms with Gasteiger partial charge in [0.1, 0.15) is 5.60 Å². The fourth-order valence-electron chi connectivity index (χ4n) is 1.62. The number of aromatic nitrogens is 1. The van der Waals surface area contributed by atoms with Crippen molar-refractivity contribution in [2.24, 2.45) is 5.73 Å². The van der Waals surface area contributed by atoms with Crippen LogP contribution in [0.1, 0.15) is 38.9 Å². The van der Waals surface area contributed by atoms with Gasteiger partial charge in [-0.1, -0.05) is 0 Å². The van der Waals surface area contributed by atoms with Crippen molar-refractivity contribution in [1.82, 2.24) is 10.3 Å². The summed E-state index contributed by atoms with van der Waals surface area (Å²) in [5.41, 5.74) is 6.09. The van der Waals surface area contributed by atoms with Gasteiger partial charge in [-0.2, -0.15) is 0 Å². The van der Waals surface area contributed by atoms with Gasteiger partial charge < -0.3 is 20.9 Å². The molecule has 0 spiro atoms. The second kappa shape index (κ2) is 7.21. The molecule has 4 N–H and O–H groups in total. The first-order chi connectivity index (χ1) is 9.29. The molecule has 6 nitrogen and oxygen atoms in total. The topological polar surface area (TPSA) is 97.5 Å². The zero-order valence-electron chi connectivity index (χ0n) is 12.2. The highest BCUT2D eigenvalue weighted by Crippen LogP contribution is 2.16. The molecule has 112 valence electrons. The van der Waals surface area contributed by atoms with Crippen LogP contribution in [0.3, 0.4) is 0 Å². The number of rotatable bonds is 5. The number of nitrogens with zero attached hydrogens (tertiary/aromatic N) is 1. The number of hydrogen-bond donors (Lipinski definition) is 3. The lowest BCUT2D eigenvalue weighted by Crippen LogP contribution is -2.37. The van der Waals surface area contributed by atoms with Gasteiger partial charge >= 0.3 is 6.09 Å². The number of aliphatic hydroxyl groups is 1. The smallest absolute Gasteiger partial charge is 0.407 e. The monoisotopic (exact) mass is 281 g/mol. The quantitative estimate of drug-likeness (QED) is 0.757. The zero-order valence-corrected chi connectivity index (χ0v) is 12.2. The molecule has 0 aliphatic rings. The lowest BCUT2D eigenvalue weighted by molar-refractivity contribution is 0.0521. The molecule has 1 heterocycles. The van der Waals surface area contributed by atoms with Gasteiger partial charge in [0.15, 0.2) is 0 Å². The van der Waals surface area contributed by atoms with E-state index in [-0.39, 0.29) is 0 Å². The van der Waals surface area contributed by atoms with Crippen molar-refractivity contribution in [3.8, 4) is 0 Å². The Balaban J connectivity index is 2.33. The average molecular weight is 281 g/mol. The molecule has 1 amide bonds. The molecule has 0 radical (unpaired) electrons. The lowest BCUT2D eigenvalue weighted by Gasteiger charge is -2.21. The maximum absolute atomic E-state index is 11.4. The standard InChI is InChI=1S/C14H23N3O3/c1-14(2,3)20-13(19)17-9-6-11(15)12(18)10-4-7-16-8-5-10/h4-5,7-8,11-12,18H,6,9,15H2,1-3H3,(H,17,19). The number of carbonyl (C=O) groups excluding carboxylic acids is 1. The maximum atomic E-state index is 11.4. The summed E-state index contributed by atoms with van der Waals surface area (Å²) >= 11 is 0. The van der Waals surface area contributed by atoms with Crippen LogP contribution < -0.4 is 11.1 Å². The zero-order chi connectivity index (χ0) is 15.2. The van der Waals surface area contributed by atoms with Crippen LogP contribution in [0, 0.1) is 0 Å². The van der Waals surface area contributed by atoms with E-state index in [0.717, 1.165) is 0 Å². The fraction of sp³-hybridized carbons (Fsp3) is 0.571. The normalized spacial score (nSPS) is 14.4. The van der Waals surface area contributed by atoms with E-state index in [2.05, 4.69) is 10.3 Å². The molecule has 20 heavy (non-hydrogen) atoms. The van der Waals surface area contributed by atoms with Gasteiger partial charge in [0.2, 0.25) is 0 Å².